The van der Waals surface area contributed by atoms with Crippen LogP contribution in [0.2, 0.25) is 5.02 Å². The summed E-state index contributed by atoms with van der Waals surface area (Å²) in [5, 5.41) is 17.4. The first kappa shape index (κ1) is 18.3. The molecule has 0 saturated heterocycles. The molecule has 0 fully saturated rings. The van der Waals surface area contributed by atoms with Crippen molar-refractivity contribution in [3.8, 4) is 5.88 Å². The summed E-state index contributed by atoms with van der Waals surface area (Å²) in [6.07, 6.45) is 4.52. The van der Waals surface area contributed by atoms with Crippen LogP contribution in [0.4, 0.5) is 11.6 Å². The molecule has 0 bridgehead atoms. The average molecular weight is 374 g/mol. The molecular formula is C18H20ClN5O2. The quantitative estimate of drug-likeness (QED) is 0.523. The van der Waals surface area contributed by atoms with Crippen molar-refractivity contribution < 1.29 is 9.38 Å². The van der Waals surface area contributed by atoms with Gasteiger partial charge in [0.25, 0.3) is 0 Å². The van der Waals surface area contributed by atoms with Gasteiger partial charge >= 0.3 is 0 Å². The summed E-state index contributed by atoms with van der Waals surface area (Å²) in [6, 6.07) is 7.56. The van der Waals surface area contributed by atoms with Crippen molar-refractivity contribution in [2.24, 2.45) is 0 Å². The maximum Gasteiger partial charge on any atom is 0.234 e. The van der Waals surface area contributed by atoms with Crippen LogP contribution >= 0.6 is 11.6 Å². The summed E-state index contributed by atoms with van der Waals surface area (Å²) >= 11 is 6.16. The number of nitrogens with zero attached hydrogens (tertiary/aromatic N) is 4. The Bertz CT molecular complexity index is 913. The molecule has 26 heavy (non-hydrogen) atoms. The first-order valence-corrected chi connectivity index (χ1v) is 8.52. The molecule has 0 unspecified atom stereocenters. The van der Waals surface area contributed by atoms with Crippen LogP contribution in [-0.2, 0) is 0 Å². The number of rotatable bonds is 6. The van der Waals surface area contributed by atoms with Crippen molar-refractivity contribution >= 4 is 34.0 Å². The number of fused-ring (bicyclic) bond motifs is 1. The standard InChI is InChI=1S/C18H20ClN5O2/c1-12(11-24(2,3)25)26-18-10-20-9-17(23-18)22-16-7-13-5-4-6-15(19)14(13)8-21-16/h4-10,12H,11H2,1-3H3,(H,21,22,23)/t12-/m1/s1. The minimum absolute atomic E-state index is 0.284. The van der Waals surface area contributed by atoms with Crippen LogP contribution in [0.1, 0.15) is 6.92 Å². The van der Waals surface area contributed by atoms with Crippen molar-refractivity contribution in [2.75, 3.05) is 26.0 Å². The zero-order valence-corrected chi connectivity index (χ0v) is 15.6. The van der Waals surface area contributed by atoms with Crippen LogP contribution in [0.3, 0.4) is 0 Å². The second-order valence-corrected chi connectivity index (χ2v) is 6.99. The summed E-state index contributed by atoms with van der Waals surface area (Å²) in [5.41, 5.74) is 0. The van der Waals surface area contributed by atoms with E-state index < -0.39 is 4.65 Å². The van der Waals surface area contributed by atoms with Crippen LogP contribution in [-0.4, -0.2) is 46.3 Å². The number of benzene rings is 1. The predicted octanol–water partition coefficient (Wildman–Crippen LogP) is 3.76. The summed E-state index contributed by atoms with van der Waals surface area (Å²) in [6.45, 7) is 2.14. The summed E-state index contributed by atoms with van der Waals surface area (Å²) in [5.74, 6) is 1.47. The number of quaternary nitrogens is 1. The lowest BCUT2D eigenvalue weighted by Crippen LogP contribution is -2.40. The molecule has 1 atom stereocenters. The molecular weight excluding hydrogens is 354 g/mol. The Morgan fingerprint density at radius 2 is 2.04 bits per heavy atom. The Kier molecular flexibility index (Phi) is 5.22. The van der Waals surface area contributed by atoms with Gasteiger partial charge in [0.2, 0.25) is 5.88 Å². The number of hydrogen-bond donors (Lipinski definition) is 1. The summed E-state index contributed by atoms with van der Waals surface area (Å²) in [7, 11) is 3.14. The van der Waals surface area contributed by atoms with Gasteiger partial charge in [0.15, 0.2) is 5.82 Å². The number of hydrogen-bond acceptors (Lipinski definition) is 6. The number of pyridine rings is 1. The number of nitrogens with one attached hydrogen (secondary N) is 1. The van der Waals surface area contributed by atoms with Crippen LogP contribution in [0.15, 0.2) is 42.9 Å². The fourth-order valence-electron chi connectivity index (χ4n) is 2.66. The van der Waals surface area contributed by atoms with Gasteiger partial charge in [-0.05, 0) is 24.4 Å². The molecule has 1 N–H and O–H groups in total. The molecule has 0 aliphatic rings. The number of halogens is 1. The Morgan fingerprint density at radius 3 is 2.81 bits per heavy atom. The second kappa shape index (κ2) is 7.41. The largest absolute Gasteiger partial charge is 0.633 e. The summed E-state index contributed by atoms with van der Waals surface area (Å²) in [4.78, 5) is 12.8. The molecule has 7 nitrogen and oxygen atoms in total. The van der Waals surface area contributed by atoms with Gasteiger partial charge in [0, 0.05) is 16.6 Å². The number of likely N-dealkylation sites (N-methyl/N-ethyl adjacent to an activating group) is 1. The lowest BCUT2D eigenvalue weighted by atomic mass is 10.2. The molecule has 0 aliphatic heterocycles. The number of ether oxygens (including phenoxy) is 1. The molecule has 1 aromatic carbocycles. The van der Waals surface area contributed by atoms with E-state index in [1.807, 2.05) is 31.2 Å². The number of aromatic nitrogens is 3. The van der Waals surface area contributed by atoms with E-state index in [0.717, 1.165) is 10.8 Å². The van der Waals surface area contributed by atoms with Crippen LogP contribution in [0, 0.1) is 5.21 Å². The lowest BCUT2D eigenvalue weighted by molar-refractivity contribution is -0.842. The SMILES string of the molecule is C[C@H](C[N+](C)(C)[O-])Oc1cncc(Nc2cc3cccc(Cl)c3cn2)n1. The highest BCUT2D eigenvalue weighted by Crippen LogP contribution is 2.25. The fraction of sp³-hybridized carbons (Fsp3) is 0.278. The second-order valence-electron chi connectivity index (χ2n) is 6.58. The molecule has 3 aromatic rings. The summed E-state index contributed by atoms with van der Waals surface area (Å²) < 4.78 is 5.25. The normalized spacial score (nSPS) is 12.8. The average Bonchev–Trinajstić information content (AvgIpc) is 2.53. The van der Waals surface area contributed by atoms with E-state index in [2.05, 4.69) is 20.3 Å². The first-order valence-electron chi connectivity index (χ1n) is 8.14. The Hall–Kier alpha value is -2.48. The molecule has 0 saturated carbocycles. The van der Waals surface area contributed by atoms with Crippen molar-refractivity contribution in [2.45, 2.75) is 13.0 Å². The van der Waals surface area contributed by atoms with Crippen LogP contribution in [0.25, 0.3) is 10.8 Å². The monoisotopic (exact) mass is 373 g/mol. The van der Waals surface area contributed by atoms with Gasteiger partial charge in [0.05, 0.1) is 26.5 Å². The minimum atomic E-state index is -0.434. The number of hydroxylamine groups is 3. The van der Waals surface area contributed by atoms with E-state index >= 15 is 0 Å². The molecule has 0 aliphatic carbocycles. The molecule has 2 aromatic heterocycles. The zero-order chi connectivity index (χ0) is 18.7. The first-order chi connectivity index (χ1) is 12.3. The van der Waals surface area contributed by atoms with Gasteiger partial charge in [-0.25, -0.2) is 4.98 Å². The van der Waals surface area contributed by atoms with E-state index in [1.165, 1.54) is 6.20 Å². The number of anilines is 2. The predicted molar refractivity (Wildman–Crippen MR) is 103 cm³/mol. The zero-order valence-electron chi connectivity index (χ0n) is 14.8. The Balaban J connectivity index is 1.74. The molecule has 0 amide bonds. The topological polar surface area (TPSA) is 83.0 Å². The molecule has 8 heteroatoms. The van der Waals surface area contributed by atoms with Gasteiger partial charge in [-0.1, -0.05) is 23.7 Å². The smallest absolute Gasteiger partial charge is 0.234 e. The minimum Gasteiger partial charge on any atom is -0.633 e. The van der Waals surface area contributed by atoms with Crippen LogP contribution < -0.4 is 10.1 Å². The van der Waals surface area contributed by atoms with Crippen LogP contribution in [0.5, 0.6) is 5.88 Å². The van der Waals surface area contributed by atoms with Gasteiger partial charge in [-0.15, -0.1) is 0 Å². The molecule has 3 rings (SSSR count). The van der Waals surface area contributed by atoms with E-state index in [1.54, 1.807) is 26.5 Å². The Morgan fingerprint density at radius 1 is 1.23 bits per heavy atom. The van der Waals surface area contributed by atoms with E-state index in [4.69, 9.17) is 16.3 Å². The molecule has 2 heterocycles. The molecule has 0 spiro atoms. The van der Waals surface area contributed by atoms with Gasteiger partial charge in [-0.3, -0.25) is 4.98 Å². The third kappa shape index (κ3) is 4.78. The highest BCUT2D eigenvalue weighted by molar-refractivity contribution is 6.35. The molecule has 0 radical (unpaired) electrons. The lowest BCUT2D eigenvalue weighted by Gasteiger charge is -2.35. The highest BCUT2D eigenvalue weighted by atomic mass is 35.5. The van der Waals surface area contributed by atoms with Crippen molar-refractivity contribution in [3.05, 3.63) is 53.1 Å². The van der Waals surface area contributed by atoms with E-state index in [0.29, 0.717) is 29.1 Å². The maximum absolute atomic E-state index is 11.7. The third-order valence-corrected chi connectivity index (χ3v) is 3.93. The van der Waals surface area contributed by atoms with Crippen molar-refractivity contribution in [1.29, 1.82) is 0 Å². The van der Waals surface area contributed by atoms with E-state index in [-0.39, 0.29) is 6.10 Å². The maximum atomic E-state index is 11.7. The third-order valence-electron chi connectivity index (χ3n) is 3.60. The van der Waals surface area contributed by atoms with Crippen molar-refractivity contribution in [3.63, 3.8) is 0 Å². The van der Waals surface area contributed by atoms with Gasteiger partial charge in [0.1, 0.15) is 18.5 Å². The Labute approximate surface area is 156 Å². The van der Waals surface area contributed by atoms with Crippen molar-refractivity contribution in [1.82, 2.24) is 15.0 Å². The van der Waals surface area contributed by atoms with Gasteiger partial charge in [-0.2, -0.15) is 4.98 Å². The molecule has 136 valence electrons. The highest BCUT2D eigenvalue weighted by Gasteiger charge is 2.13. The van der Waals surface area contributed by atoms with Gasteiger partial charge < -0.3 is 19.9 Å². The fourth-order valence-corrected chi connectivity index (χ4v) is 2.89. The van der Waals surface area contributed by atoms with E-state index in [9.17, 15) is 5.21 Å².